The Hall–Kier alpha value is -1.26. The van der Waals surface area contributed by atoms with Crippen molar-refractivity contribution >= 4 is 29.0 Å². The summed E-state index contributed by atoms with van der Waals surface area (Å²) in [6.07, 6.45) is 0.765. The number of aromatic nitrogens is 3. The Morgan fingerprint density at radius 3 is 2.53 bits per heavy atom. The topological polar surface area (TPSA) is 56.7 Å². The first-order chi connectivity index (χ1) is 8.13. The van der Waals surface area contributed by atoms with E-state index in [-0.39, 0.29) is 0 Å². The zero-order valence-electron chi connectivity index (χ0n) is 9.32. The number of nitrogens with zero attached hydrogens (tertiary/aromatic N) is 3. The average molecular weight is 271 g/mol. The van der Waals surface area contributed by atoms with Crippen molar-refractivity contribution in [1.82, 2.24) is 15.0 Å². The van der Waals surface area contributed by atoms with Crippen molar-refractivity contribution in [2.75, 3.05) is 5.73 Å². The molecule has 90 valence electrons. The van der Waals surface area contributed by atoms with E-state index < -0.39 is 0 Å². The molecule has 0 aliphatic heterocycles. The van der Waals surface area contributed by atoms with Crippen LogP contribution in [0.2, 0.25) is 10.0 Å². The molecule has 2 aromatic rings. The fourth-order valence-corrected chi connectivity index (χ4v) is 2.19. The molecule has 0 aliphatic carbocycles. The fraction of sp³-hybridized carbons (Fsp3) is 0.273. The van der Waals surface area contributed by atoms with Gasteiger partial charge < -0.3 is 5.73 Å². The number of nitrogens with two attached hydrogens (primary N) is 1. The first kappa shape index (κ1) is 12.2. The smallest absolute Gasteiger partial charge is 0.169 e. The summed E-state index contributed by atoms with van der Waals surface area (Å²) < 4.78 is 1.72. The van der Waals surface area contributed by atoms with E-state index in [2.05, 4.69) is 10.3 Å². The lowest BCUT2D eigenvalue weighted by Crippen LogP contribution is -2.07. The second kappa shape index (κ2) is 4.94. The van der Waals surface area contributed by atoms with Gasteiger partial charge in [0, 0.05) is 15.6 Å². The second-order valence-corrected chi connectivity index (χ2v) is 4.45. The van der Waals surface area contributed by atoms with Crippen molar-refractivity contribution in [1.29, 1.82) is 0 Å². The molecule has 4 nitrogen and oxygen atoms in total. The maximum atomic E-state index is 6.10. The van der Waals surface area contributed by atoms with Crippen LogP contribution in [-0.2, 0) is 13.0 Å². The standard InChI is InChI=1S/C11H12Cl2N4/c1-2-10-11(14)15-16-17(10)6-7-8(12)4-3-5-9(7)13/h3-5H,2,6,14H2,1H3. The molecule has 0 saturated carbocycles. The average Bonchev–Trinajstić information content (AvgIpc) is 2.64. The monoisotopic (exact) mass is 270 g/mol. The van der Waals surface area contributed by atoms with Crippen LogP contribution >= 0.6 is 23.2 Å². The first-order valence-corrected chi connectivity index (χ1v) is 5.99. The summed E-state index contributed by atoms with van der Waals surface area (Å²) in [4.78, 5) is 0. The largest absolute Gasteiger partial charge is 0.381 e. The third-order valence-electron chi connectivity index (χ3n) is 2.57. The summed E-state index contributed by atoms with van der Waals surface area (Å²) in [7, 11) is 0. The van der Waals surface area contributed by atoms with Crippen LogP contribution in [0.25, 0.3) is 0 Å². The van der Waals surface area contributed by atoms with Gasteiger partial charge in [0.2, 0.25) is 0 Å². The van der Waals surface area contributed by atoms with Gasteiger partial charge in [-0.15, -0.1) is 5.10 Å². The number of benzene rings is 1. The van der Waals surface area contributed by atoms with Crippen molar-refractivity contribution in [3.8, 4) is 0 Å². The molecule has 0 saturated heterocycles. The molecular weight excluding hydrogens is 259 g/mol. The number of halogens is 2. The van der Waals surface area contributed by atoms with Crippen molar-refractivity contribution in [3.63, 3.8) is 0 Å². The summed E-state index contributed by atoms with van der Waals surface area (Å²) >= 11 is 12.2. The van der Waals surface area contributed by atoms with Gasteiger partial charge in [-0.25, -0.2) is 4.68 Å². The summed E-state index contributed by atoms with van der Waals surface area (Å²) in [6.45, 7) is 2.48. The van der Waals surface area contributed by atoms with Crippen molar-refractivity contribution in [3.05, 3.63) is 39.5 Å². The molecule has 0 aliphatic rings. The minimum atomic E-state index is 0.454. The quantitative estimate of drug-likeness (QED) is 0.933. The SMILES string of the molecule is CCc1c(N)nnn1Cc1c(Cl)cccc1Cl. The molecule has 1 aromatic carbocycles. The van der Waals surface area contributed by atoms with Gasteiger partial charge in [-0.05, 0) is 18.6 Å². The summed E-state index contributed by atoms with van der Waals surface area (Å²) in [6, 6.07) is 5.41. The van der Waals surface area contributed by atoms with E-state index in [1.807, 2.05) is 13.0 Å². The maximum absolute atomic E-state index is 6.10. The lowest BCUT2D eigenvalue weighted by Gasteiger charge is -2.08. The zero-order chi connectivity index (χ0) is 12.4. The van der Waals surface area contributed by atoms with Crippen LogP contribution in [0.5, 0.6) is 0 Å². The molecule has 0 unspecified atom stereocenters. The highest BCUT2D eigenvalue weighted by molar-refractivity contribution is 6.35. The maximum Gasteiger partial charge on any atom is 0.169 e. The molecule has 1 aromatic heterocycles. The van der Waals surface area contributed by atoms with Crippen LogP contribution in [0.15, 0.2) is 18.2 Å². The molecule has 0 bridgehead atoms. The molecule has 2 rings (SSSR count). The third kappa shape index (κ3) is 2.37. The van der Waals surface area contributed by atoms with Crippen molar-refractivity contribution < 1.29 is 0 Å². The van der Waals surface area contributed by atoms with Crippen LogP contribution in [0.3, 0.4) is 0 Å². The Bertz CT molecular complexity index is 516. The molecule has 0 radical (unpaired) electrons. The predicted octanol–water partition coefficient (Wildman–Crippen LogP) is 2.78. The molecule has 0 fully saturated rings. The van der Waals surface area contributed by atoms with Crippen LogP contribution in [0, 0.1) is 0 Å². The van der Waals surface area contributed by atoms with E-state index in [0.717, 1.165) is 17.7 Å². The molecule has 17 heavy (non-hydrogen) atoms. The normalized spacial score (nSPS) is 10.8. The summed E-state index contributed by atoms with van der Waals surface area (Å²) in [5.41, 5.74) is 7.44. The van der Waals surface area contributed by atoms with Gasteiger partial charge in [0.1, 0.15) is 0 Å². The molecule has 0 atom stereocenters. The molecule has 1 heterocycles. The van der Waals surface area contributed by atoms with Crippen LogP contribution in [0.4, 0.5) is 5.82 Å². The van der Waals surface area contributed by atoms with E-state index >= 15 is 0 Å². The molecule has 2 N–H and O–H groups in total. The van der Waals surface area contributed by atoms with Gasteiger partial charge in [-0.2, -0.15) is 0 Å². The van der Waals surface area contributed by atoms with Gasteiger partial charge >= 0.3 is 0 Å². The lowest BCUT2D eigenvalue weighted by atomic mass is 10.2. The minimum absolute atomic E-state index is 0.454. The number of nitrogen functional groups attached to an aromatic ring is 1. The second-order valence-electron chi connectivity index (χ2n) is 3.63. The van der Waals surface area contributed by atoms with Gasteiger partial charge in [0.05, 0.1) is 12.2 Å². The predicted molar refractivity (Wildman–Crippen MR) is 69.4 cm³/mol. The number of hydrogen-bond donors (Lipinski definition) is 1. The Kier molecular flexibility index (Phi) is 3.54. The van der Waals surface area contributed by atoms with Crippen LogP contribution in [0.1, 0.15) is 18.2 Å². The van der Waals surface area contributed by atoms with Gasteiger partial charge in [-0.3, -0.25) is 0 Å². The van der Waals surface area contributed by atoms with Crippen LogP contribution < -0.4 is 5.73 Å². The van der Waals surface area contributed by atoms with Gasteiger partial charge in [0.15, 0.2) is 5.82 Å². The van der Waals surface area contributed by atoms with E-state index in [4.69, 9.17) is 28.9 Å². The van der Waals surface area contributed by atoms with E-state index in [9.17, 15) is 0 Å². The molecule has 0 amide bonds. The number of rotatable bonds is 3. The minimum Gasteiger partial charge on any atom is -0.381 e. The van der Waals surface area contributed by atoms with Crippen LogP contribution in [-0.4, -0.2) is 15.0 Å². The molecule has 6 heteroatoms. The molecule has 0 spiro atoms. The summed E-state index contributed by atoms with van der Waals surface area (Å²) in [5, 5.41) is 9.07. The Morgan fingerprint density at radius 2 is 1.94 bits per heavy atom. The Balaban J connectivity index is 2.38. The summed E-state index contributed by atoms with van der Waals surface area (Å²) in [5.74, 6) is 0.454. The van der Waals surface area contributed by atoms with Crippen molar-refractivity contribution in [2.24, 2.45) is 0 Å². The lowest BCUT2D eigenvalue weighted by molar-refractivity contribution is 0.622. The van der Waals surface area contributed by atoms with E-state index in [1.165, 1.54) is 0 Å². The Labute approximate surface area is 109 Å². The highest BCUT2D eigenvalue weighted by Gasteiger charge is 2.12. The third-order valence-corrected chi connectivity index (χ3v) is 3.28. The Morgan fingerprint density at radius 1 is 1.29 bits per heavy atom. The van der Waals surface area contributed by atoms with Crippen molar-refractivity contribution in [2.45, 2.75) is 19.9 Å². The number of anilines is 1. The zero-order valence-corrected chi connectivity index (χ0v) is 10.8. The van der Waals surface area contributed by atoms with E-state index in [0.29, 0.717) is 22.4 Å². The van der Waals surface area contributed by atoms with Gasteiger partial charge in [0.25, 0.3) is 0 Å². The highest BCUT2D eigenvalue weighted by atomic mass is 35.5. The van der Waals surface area contributed by atoms with E-state index in [1.54, 1.807) is 16.8 Å². The molecular formula is C11H12Cl2N4. The first-order valence-electron chi connectivity index (χ1n) is 5.24. The number of hydrogen-bond acceptors (Lipinski definition) is 3. The highest BCUT2D eigenvalue weighted by Crippen LogP contribution is 2.25. The fourth-order valence-electron chi connectivity index (χ4n) is 1.67. The van der Waals surface area contributed by atoms with Gasteiger partial charge in [-0.1, -0.05) is 41.4 Å².